The lowest BCUT2D eigenvalue weighted by molar-refractivity contribution is -0.148. The lowest BCUT2D eigenvalue weighted by Gasteiger charge is -2.44. The molecule has 2 atom stereocenters. The van der Waals surface area contributed by atoms with Gasteiger partial charge in [-0.25, -0.2) is 0 Å². The Morgan fingerprint density at radius 2 is 1.67 bits per heavy atom. The Balaban J connectivity index is 1.62. The Morgan fingerprint density at radius 3 is 2.30 bits per heavy atom. The lowest BCUT2D eigenvalue weighted by atomic mass is 9.87. The van der Waals surface area contributed by atoms with Crippen LogP contribution in [0.5, 0.6) is 5.75 Å². The number of ether oxygens (including phenoxy) is 1. The molecule has 0 spiro atoms. The molecule has 3 rings (SSSR count). The first-order valence-electron chi connectivity index (χ1n) is 10.3. The molecule has 1 saturated carbocycles. The largest absolute Gasteiger partial charge is 0.490 e. The van der Waals surface area contributed by atoms with E-state index in [0.717, 1.165) is 36.8 Å². The van der Waals surface area contributed by atoms with Crippen LogP contribution in [0, 0.1) is 13.8 Å². The third kappa shape index (κ3) is 5.44. The van der Waals surface area contributed by atoms with Crippen LogP contribution in [0.1, 0.15) is 56.1 Å². The Bertz CT molecular complexity index is 606. The van der Waals surface area contributed by atoms with Gasteiger partial charge in [0.2, 0.25) is 0 Å². The molecule has 2 aliphatic rings. The van der Waals surface area contributed by atoms with Crippen molar-refractivity contribution in [3.63, 3.8) is 0 Å². The van der Waals surface area contributed by atoms with Crippen LogP contribution in [0.3, 0.4) is 0 Å². The maximum Gasteiger partial charge on any atom is 0.137 e. The summed E-state index contributed by atoms with van der Waals surface area (Å²) >= 11 is 0. The van der Waals surface area contributed by atoms with Crippen LogP contribution in [0.4, 0.5) is 0 Å². The maximum atomic E-state index is 11.1. The number of rotatable bonds is 5. The summed E-state index contributed by atoms with van der Waals surface area (Å²) in [6.07, 6.45) is 5.82. The van der Waals surface area contributed by atoms with Crippen LogP contribution >= 0.6 is 0 Å². The average molecular weight is 378 g/mol. The highest BCUT2D eigenvalue weighted by Gasteiger charge is 2.44. The van der Waals surface area contributed by atoms with Crippen molar-refractivity contribution in [2.75, 3.05) is 26.2 Å². The highest BCUT2D eigenvalue weighted by molar-refractivity contribution is 5.33. The molecule has 2 fully saturated rings. The molecule has 1 aliphatic carbocycles. The van der Waals surface area contributed by atoms with Gasteiger partial charge in [-0.1, -0.05) is 31.7 Å². The fourth-order valence-electron chi connectivity index (χ4n) is 4.61. The summed E-state index contributed by atoms with van der Waals surface area (Å²) in [4.78, 5) is 2.10. The molecule has 1 aromatic carbocycles. The van der Waals surface area contributed by atoms with Gasteiger partial charge in [-0.3, -0.25) is 4.90 Å². The molecule has 1 heterocycles. The van der Waals surface area contributed by atoms with Gasteiger partial charge in [0.1, 0.15) is 18.0 Å². The van der Waals surface area contributed by atoms with E-state index in [4.69, 9.17) is 4.74 Å². The van der Waals surface area contributed by atoms with Crippen molar-refractivity contribution in [1.29, 1.82) is 0 Å². The molecule has 152 valence electrons. The number of aliphatic hydroxyl groups is 3. The molecular formula is C22H35NO4. The van der Waals surface area contributed by atoms with Crippen molar-refractivity contribution in [1.82, 2.24) is 4.90 Å². The molecule has 0 unspecified atom stereocenters. The van der Waals surface area contributed by atoms with Gasteiger partial charge in [0.05, 0.1) is 11.7 Å². The summed E-state index contributed by atoms with van der Waals surface area (Å²) in [5.41, 5.74) is 0.224. The Labute approximate surface area is 163 Å². The first kappa shape index (κ1) is 20.6. The van der Waals surface area contributed by atoms with E-state index < -0.39 is 17.3 Å². The quantitative estimate of drug-likeness (QED) is 0.688. The van der Waals surface area contributed by atoms with Crippen LogP contribution in [0.2, 0.25) is 0 Å². The third-order valence-corrected chi connectivity index (χ3v) is 6.07. The van der Waals surface area contributed by atoms with Crippen LogP contribution in [-0.2, 0) is 0 Å². The van der Waals surface area contributed by atoms with Crippen LogP contribution in [0.15, 0.2) is 18.2 Å². The van der Waals surface area contributed by atoms with E-state index in [1.165, 1.54) is 12.8 Å². The minimum absolute atomic E-state index is 0.0476. The molecule has 5 nitrogen and oxygen atoms in total. The second-order valence-electron chi connectivity index (χ2n) is 8.87. The maximum absolute atomic E-state index is 11.1. The highest BCUT2D eigenvalue weighted by atomic mass is 16.5. The van der Waals surface area contributed by atoms with Gasteiger partial charge >= 0.3 is 0 Å². The van der Waals surface area contributed by atoms with Crippen molar-refractivity contribution in [3.05, 3.63) is 29.3 Å². The van der Waals surface area contributed by atoms with Gasteiger partial charge in [-0.2, -0.15) is 0 Å². The van der Waals surface area contributed by atoms with E-state index in [-0.39, 0.29) is 6.61 Å². The van der Waals surface area contributed by atoms with Crippen LogP contribution in [-0.4, -0.2) is 63.8 Å². The normalized spacial score (nSPS) is 29.3. The molecule has 1 aromatic rings. The lowest BCUT2D eigenvalue weighted by Crippen LogP contribution is -2.61. The number of hydrogen-bond acceptors (Lipinski definition) is 5. The highest BCUT2D eigenvalue weighted by Crippen LogP contribution is 2.31. The van der Waals surface area contributed by atoms with Gasteiger partial charge in [0.25, 0.3) is 0 Å². The summed E-state index contributed by atoms with van der Waals surface area (Å²) in [5, 5.41) is 32.5. The Kier molecular flexibility index (Phi) is 6.46. The Hall–Kier alpha value is -1.14. The first-order valence-corrected chi connectivity index (χ1v) is 10.3. The molecule has 0 bridgehead atoms. The zero-order chi connectivity index (χ0) is 19.5. The summed E-state index contributed by atoms with van der Waals surface area (Å²) in [7, 11) is 0. The van der Waals surface area contributed by atoms with E-state index in [1.807, 2.05) is 26.0 Å². The fourth-order valence-corrected chi connectivity index (χ4v) is 4.61. The smallest absolute Gasteiger partial charge is 0.137 e. The molecular weight excluding hydrogens is 342 g/mol. The molecule has 27 heavy (non-hydrogen) atoms. The van der Waals surface area contributed by atoms with Crippen molar-refractivity contribution in [2.24, 2.45) is 0 Å². The number of piperidine rings is 1. The van der Waals surface area contributed by atoms with E-state index in [1.54, 1.807) is 0 Å². The molecule has 3 N–H and O–H groups in total. The number of nitrogens with zero attached hydrogens (tertiary/aromatic N) is 1. The van der Waals surface area contributed by atoms with E-state index in [2.05, 4.69) is 11.0 Å². The van der Waals surface area contributed by atoms with E-state index in [9.17, 15) is 15.3 Å². The molecule has 0 radical (unpaired) electrons. The Morgan fingerprint density at radius 1 is 1.04 bits per heavy atom. The number of aliphatic hydroxyl groups excluding tert-OH is 1. The second kappa shape index (κ2) is 8.48. The standard InChI is InChI=1S/C22H35NO4/c1-17-11-18(2)13-19(12-17)27-16-22(26)15-23(10-7-20(22)24)14-21(25)8-5-3-4-6-9-21/h11-13,20,24-26H,3-10,14-16H2,1-2H3/t20-,22-/m0/s1. The van der Waals surface area contributed by atoms with Crippen LogP contribution in [0.25, 0.3) is 0 Å². The molecule has 0 amide bonds. The van der Waals surface area contributed by atoms with Crippen molar-refractivity contribution < 1.29 is 20.1 Å². The molecule has 5 heteroatoms. The van der Waals surface area contributed by atoms with Gasteiger partial charge in [0, 0.05) is 19.6 Å². The third-order valence-electron chi connectivity index (χ3n) is 6.07. The number of likely N-dealkylation sites (tertiary alicyclic amines) is 1. The predicted octanol–water partition coefficient (Wildman–Crippen LogP) is 2.57. The molecule has 1 aliphatic heterocycles. The van der Waals surface area contributed by atoms with Gasteiger partial charge in [-0.05, 0) is 56.4 Å². The molecule has 0 aromatic heterocycles. The number of hydrogen-bond donors (Lipinski definition) is 3. The van der Waals surface area contributed by atoms with Gasteiger partial charge in [-0.15, -0.1) is 0 Å². The zero-order valence-corrected chi connectivity index (χ0v) is 16.8. The van der Waals surface area contributed by atoms with Crippen LogP contribution < -0.4 is 4.74 Å². The number of aryl methyl sites for hydroxylation is 2. The summed E-state index contributed by atoms with van der Waals surface area (Å²) < 4.78 is 5.86. The second-order valence-corrected chi connectivity index (χ2v) is 8.87. The molecule has 1 saturated heterocycles. The average Bonchev–Trinajstić information content (AvgIpc) is 2.80. The fraction of sp³-hybridized carbons (Fsp3) is 0.727. The van der Waals surface area contributed by atoms with Gasteiger partial charge in [0.15, 0.2) is 0 Å². The van der Waals surface area contributed by atoms with Crippen molar-refractivity contribution in [2.45, 2.75) is 76.1 Å². The first-order chi connectivity index (χ1) is 12.8. The van der Waals surface area contributed by atoms with E-state index >= 15 is 0 Å². The number of β-amino-alcohol motifs (C(OH)–C–C–N with tert-alkyl or cyclic N) is 2. The number of benzene rings is 1. The summed E-state index contributed by atoms with van der Waals surface area (Å²) in [6, 6.07) is 5.96. The van der Waals surface area contributed by atoms with Crippen molar-refractivity contribution >= 4 is 0 Å². The van der Waals surface area contributed by atoms with E-state index in [0.29, 0.717) is 31.8 Å². The summed E-state index contributed by atoms with van der Waals surface area (Å²) in [6.45, 7) is 5.65. The zero-order valence-electron chi connectivity index (χ0n) is 16.8. The SMILES string of the molecule is Cc1cc(C)cc(OC[C@@]2(O)CN(CC3(O)CCCCCC3)CC[C@@H]2O)c1. The van der Waals surface area contributed by atoms with Crippen molar-refractivity contribution in [3.8, 4) is 5.75 Å². The topological polar surface area (TPSA) is 73.2 Å². The predicted molar refractivity (Wildman–Crippen MR) is 106 cm³/mol. The van der Waals surface area contributed by atoms with Gasteiger partial charge < -0.3 is 20.1 Å². The monoisotopic (exact) mass is 377 g/mol. The minimum atomic E-state index is -1.32. The summed E-state index contributed by atoms with van der Waals surface area (Å²) in [5.74, 6) is 0.715. The minimum Gasteiger partial charge on any atom is -0.490 e.